The summed E-state index contributed by atoms with van der Waals surface area (Å²) in [7, 11) is 0. The van der Waals surface area contributed by atoms with Crippen molar-refractivity contribution in [1.82, 2.24) is 0 Å². The van der Waals surface area contributed by atoms with Gasteiger partial charge >= 0.3 is 12.1 Å². The molecular weight excluding hydrogens is 387 g/mol. The van der Waals surface area contributed by atoms with Crippen molar-refractivity contribution in [2.45, 2.75) is 6.18 Å². The van der Waals surface area contributed by atoms with E-state index in [4.69, 9.17) is 4.74 Å². The van der Waals surface area contributed by atoms with Crippen LogP contribution in [0.2, 0.25) is 0 Å². The molecule has 0 fully saturated rings. The Kier molecular flexibility index (Phi) is 4.28. The average Bonchev–Trinajstić information content (AvgIpc) is 2.88. The lowest BCUT2D eigenvalue weighted by atomic mass is 10.1. The van der Waals surface area contributed by atoms with E-state index in [1.807, 2.05) is 0 Å². The largest absolute Gasteiger partial charge is 0.416 e. The number of benzene rings is 2. The Morgan fingerprint density at radius 1 is 1.04 bits per heavy atom. The van der Waals surface area contributed by atoms with Crippen LogP contribution in [0.5, 0.6) is 0 Å². The topological polar surface area (TPSA) is 38.7 Å². The molecule has 3 rings (SSSR count). The molecule has 2 aromatic rings. The first-order chi connectivity index (χ1) is 11.3. The number of ether oxygens (including phenoxy) is 1. The van der Waals surface area contributed by atoms with Gasteiger partial charge in [-0.25, -0.2) is 9.79 Å². The van der Waals surface area contributed by atoms with Crippen LogP contribution in [-0.2, 0) is 15.7 Å². The minimum Gasteiger partial charge on any atom is -0.402 e. The van der Waals surface area contributed by atoms with E-state index in [1.54, 1.807) is 24.3 Å². The van der Waals surface area contributed by atoms with Crippen molar-refractivity contribution in [3.05, 3.63) is 75.4 Å². The summed E-state index contributed by atoms with van der Waals surface area (Å²) >= 11 is 3.28. The molecule has 122 valence electrons. The van der Waals surface area contributed by atoms with Crippen LogP contribution < -0.4 is 0 Å². The molecule has 0 bridgehead atoms. The molecule has 0 radical (unpaired) electrons. The highest BCUT2D eigenvalue weighted by Crippen LogP contribution is 2.33. The summed E-state index contributed by atoms with van der Waals surface area (Å²) in [5, 5.41) is 0. The van der Waals surface area contributed by atoms with Crippen LogP contribution in [-0.4, -0.2) is 11.9 Å². The van der Waals surface area contributed by atoms with Gasteiger partial charge in [0.2, 0.25) is 5.90 Å². The molecule has 1 aliphatic heterocycles. The first-order valence-corrected chi connectivity index (χ1v) is 7.58. The van der Waals surface area contributed by atoms with Crippen LogP contribution in [0.15, 0.2) is 63.7 Å². The lowest BCUT2D eigenvalue weighted by molar-refractivity contribution is -0.137. The maximum atomic E-state index is 13.0. The van der Waals surface area contributed by atoms with Gasteiger partial charge in [-0.2, -0.15) is 13.2 Å². The van der Waals surface area contributed by atoms with Crippen molar-refractivity contribution in [3.8, 4) is 0 Å². The second kappa shape index (κ2) is 6.24. The lowest BCUT2D eigenvalue weighted by Gasteiger charge is -2.09. The Hall–Kier alpha value is -2.41. The van der Waals surface area contributed by atoms with Crippen LogP contribution in [0.3, 0.4) is 0 Å². The molecule has 0 atom stereocenters. The van der Waals surface area contributed by atoms with E-state index in [0.29, 0.717) is 5.56 Å². The van der Waals surface area contributed by atoms with Gasteiger partial charge < -0.3 is 4.74 Å². The Labute approximate surface area is 143 Å². The monoisotopic (exact) mass is 395 g/mol. The number of rotatable bonds is 2. The predicted octanol–water partition coefficient (Wildman–Crippen LogP) is 4.81. The Morgan fingerprint density at radius 2 is 1.71 bits per heavy atom. The Balaban J connectivity index is 1.99. The first-order valence-electron chi connectivity index (χ1n) is 6.79. The van der Waals surface area contributed by atoms with Crippen molar-refractivity contribution in [1.29, 1.82) is 0 Å². The molecule has 0 saturated heterocycles. The average molecular weight is 396 g/mol. The van der Waals surface area contributed by atoms with Gasteiger partial charge in [-0.05, 0) is 42.0 Å². The van der Waals surface area contributed by atoms with Crippen molar-refractivity contribution >= 4 is 33.9 Å². The van der Waals surface area contributed by atoms with Crippen LogP contribution in [0, 0.1) is 0 Å². The predicted molar refractivity (Wildman–Crippen MR) is 86.2 cm³/mol. The molecule has 3 nitrogen and oxygen atoms in total. The summed E-state index contributed by atoms with van der Waals surface area (Å²) in [5.74, 6) is -0.729. The minimum atomic E-state index is -4.52. The normalized spacial score (nSPS) is 16.2. The summed E-state index contributed by atoms with van der Waals surface area (Å²) in [5.41, 5.74) is -0.598. The number of carbonyl (C=O) groups excluding carboxylic acids is 1. The van der Waals surface area contributed by atoms with Crippen molar-refractivity contribution in [3.63, 3.8) is 0 Å². The Bertz CT molecular complexity index is 855. The quantitative estimate of drug-likeness (QED) is 0.540. The molecule has 0 aliphatic carbocycles. The molecule has 0 aromatic heterocycles. The highest BCUT2D eigenvalue weighted by Gasteiger charge is 2.33. The van der Waals surface area contributed by atoms with E-state index >= 15 is 0 Å². The number of aliphatic imine (C=N–C) groups is 1. The molecule has 1 aliphatic rings. The maximum Gasteiger partial charge on any atom is 0.416 e. The smallest absolute Gasteiger partial charge is 0.402 e. The summed E-state index contributed by atoms with van der Waals surface area (Å²) in [6.07, 6.45) is -3.44. The molecule has 0 amide bonds. The lowest BCUT2D eigenvalue weighted by Crippen LogP contribution is -2.08. The van der Waals surface area contributed by atoms with Crippen molar-refractivity contribution < 1.29 is 22.7 Å². The molecule has 0 unspecified atom stereocenters. The van der Waals surface area contributed by atoms with Gasteiger partial charge in [0.1, 0.15) is 0 Å². The standard InChI is InChI=1S/C17H9BrF3NO2/c18-12-7-5-10(6-8-12)15-22-14(16(23)24-15)9-11-3-1-2-4-13(11)17(19,20)21/h1-9H/b14-9+. The second-order valence-electron chi connectivity index (χ2n) is 4.93. The summed E-state index contributed by atoms with van der Waals surface area (Å²) in [4.78, 5) is 15.9. The van der Waals surface area contributed by atoms with Crippen LogP contribution >= 0.6 is 15.9 Å². The molecule has 0 spiro atoms. The highest BCUT2D eigenvalue weighted by atomic mass is 79.9. The number of nitrogens with zero attached hydrogens (tertiary/aromatic N) is 1. The van der Waals surface area contributed by atoms with E-state index in [9.17, 15) is 18.0 Å². The van der Waals surface area contributed by atoms with Crippen molar-refractivity contribution in [2.75, 3.05) is 0 Å². The third-order valence-corrected chi connectivity index (χ3v) is 3.80. The van der Waals surface area contributed by atoms with Gasteiger partial charge in [-0.3, -0.25) is 0 Å². The summed E-state index contributed by atoms with van der Waals surface area (Å²) in [6.45, 7) is 0. The molecule has 0 N–H and O–H groups in total. The summed E-state index contributed by atoms with van der Waals surface area (Å²) < 4.78 is 44.9. The van der Waals surface area contributed by atoms with Gasteiger partial charge in [0.15, 0.2) is 5.70 Å². The van der Waals surface area contributed by atoms with Crippen LogP contribution in [0.1, 0.15) is 16.7 Å². The van der Waals surface area contributed by atoms with E-state index in [-0.39, 0.29) is 17.2 Å². The first kappa shape index (κ1) is 16.4. The fraction of sp³-hybridized carbons (Fsp3) is 0.0588. The minimum absolute atomic E-state index is 0.0586. The summed E-state index contributed by atoms with van der Waals surface area (Å²) in [6, 6.07) is 11.8. The van der Waals surface area contributed by atoms with Gasteiger partial charge in [0, 0.05) is 10.0 Å². The number of hydrogen-bond acceptors (Lipinski definition) is 3. The zero-order valence-corrected chi connectivity index (χ0v) is 13.6. The molecule has 24 heavy (non-hydrogen) atoms. The highest BCUT2D eigenvalue weighted by molar-refractivity contribution is 9.10. The molecule has 1 heterocycles. The zero-order valence-electron chi connectivity index (χ0n) is 12.0. The fourth-order valence-corrected chi connectivity index (χ4v) is 2.42. The number of hydrogen-bond donors (Lipinski definition) is 0. The van der Waals surface area contributed by atoms with E-state index < -0.39 is 17.7 Å². The van der Waals surface area contributed by atoms with Crippen LogP contribution in [0.4, 0.5) is 13.2 Å². The van der Waals surface area contributed by atoms with Crippen LogP contribution in [0.25, 0.3) is 6.08 Å². The number of alkyl halides is 3. The van der Waals surface area contributed by atoms with E-state index in [1.165, 1.54) is 18.2 Å². The van der Waals surface area contributed by atoms with Gasteiger partial charge in [-0.15, -0.1) is 0 Å². The second-order valence-corrected chi connectivity index (χ2v) is 5.84. The van der Waals surface area contributed by atoms with E-state index in [0.717, 1.165) is 16.6 Å². The van der Waals surface area contributed by atoms with E-state index in [2.05, 4.69) is 20.9 Å². The van der Waals surface area contributed by atoms with Gasteiger partial charge in [-0.1, -0.05) is 34.1 Å². The number of esters is 1. The van der Waals surface area contributed by atoms with Gasteiger partial charge in [0.05, 0.1) is 5.56 Å². The molecule has 7 heteroatoms. The third-order valence-electron chi connectivity index (χ3n) is 3.27. The zero-order chi connectivity index (χ0) is 17.3. The van der Waals surface area contributed by atoms with Crippen molar-refractivity contribution in [2.24, 2.45) is 4.99 Å². The van der Waals surface area contributed by atoms with Gasteiger partial charge in [0.25, 0.3) is 0 Å². The number of halogens is 4. The maximum absolute atomic E-state index is 13.0. The fourth-order valence-electron chi connectivity index (χ4n) is 2.15. The third kappa shape index (κ3) is 3.41. The SMILES string of the molecule is O=C1OC(c2ccc(Br)cc2)=N/C1=C/c1ccccc1C(F)(F)F. The Morgan fingerprint density at radius 3 is 2.38 bits per heavy atom. The molecule has 0 saturated carbocycles. The number of cyclic esters (lactones) is 1. The molecule has 2 aromatic carbocycles. The molecular formula is C17H9BrF3NO2. The number of carbonyl (C=O) groups is 1.